The summed E-state index contributed by atoms with van der Waals surface area (Å²) < 4.78 is 7.18. The zero-order valence-corrected chi connectivity index (χ0v) is 15.6. The summed E-state index contributed by atoms with van der Waals surface area (Å²) in [4.78, 5) is 20.9. The zero-order chi connectivity index (χ0) is 18.4. The number of carbonyl (C=O) groups is 1. The molecule has 136 valence electrons. The Morgan fingerprint density at radius 2 is 2.23 bits per heavy atom. The number of rotatable bonds is 8. The fraction of sp³-hybridized carbons (Fsp3) is 0.333. The maximum Gasteiger partial charge on any atom is 0.254 e. The summed E-state index contributed by atoms with van der Waals surface area (Å²) in [6.07, 6.45) is 7.96. The molecule has 1 amide bonds. The molecule has 0 spiro atoms. The third-order valence-corrected chi connectivity index (χ3v) is 5.02. The highest BCUT2D eigenvalue weighted by Gasteiger charge is 2.15. The van der Waals surface area contributed by atoms with Crippen molar-refractivity contribution >= 4 is 17.7 Å². The fourth-order valence-corrected chi connectivity index (χ4v) is 3.65. The molecule has 7 nitrogen and oxygen atoms in total. The number of nitrogens with zero attached hydrogens (tertiary/aromatic N) is 4. The van der Waals surface area contributed by atoms with Crippen LogP contribution in [0.3, 0.4) is 0 Å². The number of hydrogen-bond donors (Lipinski definition) is 1. The van der Waals surface area contributed by atoms with Crippen LogP contribution in [0.1, 0.15) is 33.8 Å². The van der Waals surface area contributed by atoms with Crippen LogP contribution >= 0.6 is 11.8 Å². The Morgan fingerprint density at radius 3 is 2.96 bits per heavy atom. The Bertz CT molecular complexity index is 841. The molecule has 3 heterocycles. The highest BCUT2D eigenvalue weighted by molar-refractivity contribution is 7.98. The second kappa shape index (κ2) is 8.66. The number of thioether (sulfide) groups is 1. The predicted octanol–water partition coefficient (Wildman–Crippen LogP) is 3.00. The van der Waals surface area contributed by atoms with Crippen molar-refractivity contribution in [3.05, 3.63) is 59.6 Å². The van der Waals surface area contributed by atoms with Crippen LogP contribution in [0.4, 0.5) is 0 Å². The van der Waals surface area contributed by atoms with E-state index in [4.69, 9.17) is 4.52 Å². The second-order valence-corrected chi connectivity index (χ2v) is 6.82. The summed E-state index contributed by atoms with van der Waals surface area (Å²) in [6, 6.07) is 3.58. The monoisotopic (exact) mass is 371 g/mol. The van der Waals surface area contributed by atoms with E-state index in [1.807, 2.05) is 24.6 Å². The first kappa shape index (κ1) is 18.2. The van der Waals surface area contributed by atoms with Gasteiger partial charge in [0.15, 0.2) is 0 Å². The van der Waals surface area contributed by atoms with Gasteiger partial charge in [-0.1, -0.05) is 5.16 Å². The van der Waals surface area contributed by atoms with Crippen LogP contribution in [-0.2, 0) is 12.3 Å². The average molecular weight is 371 g/mol. The number of amides is 1. The fourth-order valence-electron chi connectivity index (χ4n) is 2.50. The lowest BCUT2D eigenvalue weighted by atomic mass is 10.2. The molecule has 3 rings (SSSR count). The molecule has 0 radical (unpaired) electrons. The Labute approximate surface area is 156 Å². The van der Waals surface area contributed by atoms with E-state index in [0.717, 1.165) is 30.0 Å². The van der Waals surface area contributed by atoms with Gasteiger partial charge < -0.3 is 14.4 Å². The Morgan fingerprint density at radius 1 is 1.35 bits per heavy atom. The molecule has 0 aliphatic carbocycles. The van der Waals surface area contributed by atoms with E-state index in [9.17, 15) is 4.79 Å². The van der Waals surface area contributed by atoms with Gasteiger partial charge in [-0.15, -0.1) is 11.8 Å². The molecule has 0 aromatic carbocycles. The summed E-state index contributed by atoms with van der Waals surface area (Å²) in [6.45, 7) is 5.22. The van der Waals surface area contributed by atoms with Gasteiger partial charge in [-0.2, -0.15) is 0 Å². The van der Waals surface area contributed by atoms with Gasteiger partial charge in [0.25, 0.3) is 5.91 Å². The summed E-state index contributed by atoms with van der Waals surface area (Å²) in [7, 11) is 0. The molecule has 3 aromatic rings. The van der Waals surface area contributed by atoms with E-state index in [1.165, 1.54) is 11.8 Å². The van der Waals surface area contributed by atoms with E-state index >= 15 is 0 Å². The first-order valence-corrected chi connectivity index (χ1v) is 9.37. The molecule has 0 unspecified atom stereocenters. The second-order valence-electron chi connectivity index (χ2n) is 5.86. The van der Waals surface area contributed by atoms with E-state index in [2.05, 4.69) is 20.4 Å². The molecular weight excluding hydrogens is 350 g/mol. The van der Waals surface area contributed by atoms with Crippen molar-refractivity contribution in [2.45, 2.75) is 37.6 Å². The van der Waals surface area contributed by atoms with E-state index in [0.29, 0.717) is 22.9 Å². The lowest BCUT2D eigenvalue weighted by Gasteiger charge is -2.09. The number of imidazole rings is 1. The normalized spacial score (nSPS) is 10.8. The van der Waals surface area contributed by atoms with Crippen LogP contribution < -0.4 is 5.32 Å². The molecule has 26 heavy (non-hydrogen) atoms. The summed E-state index contributed by atoms with van der Waals surface area (Å²) in [5.74, 6) is 1.36. The van der Waals surface area contributed by atoms with Gasteiger partial charge in [-0.05, 0) is 32.4 Å². The van der Waals surface area contributed by atoms with Crippen molar-refractivity contribution < 1.29 is 9.32 Å². The van der Waals surface area contributed by atoms with Crippen molar-refractivity contribution in [2.24, 2.45) is 0 Å². The van der Waals surface area contributed by atoms with Crippen LogP contribution in [0.2, 0.25) is 0 Å². The van der Waals surface area contributed by atoms with Gasteiger partial charge in [-0.25, -0.2) is 9.97 Å². The lowest BCUT2D eigenvalue weighted by Crippen LogP contribution is -2.26. The predicted molar refractivity (Wildman–Crippen MR) is 99.0 cm³/mol. The highest BCUT2D eigenvalue weighted by atomic mass is 32.2. The minimum Gasteiger partial charge on any atom is -0.361 e. The van der Waals surface area contributed by atoms with Crippen LogP contribution in [0.5, 0.6) is 0 Å². The number of aryl methyl sites for hydroxylation is 3. The zero-order valence-electron chi connectivity index (χ0n) is 14.8. The Balaban J connectivity index is 1.56. The number of pyridine rings is 1. The summed E-state index contributed by atoms with van der Waals surface area (Å²) in [5, 5.41) is 7.63. The van der Waals surface area contributed by atoms with Crippen LogP contribution in [-0.4, -0.2) is 32.1 Å². The quantitative estimate of drug-likeness (QED) is 0.484. The molecular formula is C18H21N5O2S. The number of hydrogen-bond acceptors (Lipinski definition) is 6. The standard InChI is InChI=1S/C18H21N5O2S/c1-13-16(14(2)25-22-13)11-26-18-15(5-3-6-21-18)17(24)20-7-4-9-23-10-8-19-12-23/h3,5-6,8,10,12H,4,7,9,11H2,1-2H3,(H,20,24). The molecule has 0 saturated heterocycles. The van der Waals surface area contributed by atoms with Crippen molar-refractivity contribution in [1.29, 1.82) is 0 Å². The van der Waals surface area contributed by atoms with Crippen LogP contribution in [0, 0.1) is 13.8 Å². The van der Waals surface area contributed by atoms with Crippen molar-refractivity contribution in [2.75, 3.05) is 6.54 Å². The van der Waals surface area contributed by atoms with Gasteiger partial charge in [0.1, 0.15) is 10.8 Å². The maximum atomic E-state index is 12.5. The summed E-state index contributed by atoms with van der Waals surface area (Å²) >= 11 is 1.51. The first-order valence-electron chi connectivity index (χ1n) is 8.38. The third-order valence-electron chi connectivity index (χ3n) is 3.99. The number of nitrogens with one attached hydrogen (secondary N) is 1. The van der Waals surface area contributed by atoms with E-state index in [1.54, 1.807) is 30.9 Å². The Kier molecular flexibility index (Phi) is 6.06. The van der Waals surface area contributed by atoms with E-state index < -0.39 is 0 Å². The molecule has 0 fully saturated rings. The molecule has 0 aliphatic heterocycles. The SMILES string of the molecule is Cc1noc(C)c1CSc1ncccc1C(=O)NCCCn1ccnc1. The van der Waals surface area contributed by atoms with Gasteiger partial charge >= 0.3 is 0 Å². The number of carbonyl (C=O) groups excluding carboxylic acids is 1. The van der Waals surface area contributed by atoms with Crippen LogP contribution in [0.15, 0.2) is 46.6 Å². The van der Waals surface area contributed by atoms with Crippen molar-refractivity contribution in [3.63, 3.8) is 0 Å². The van der Waals surface area contributed by atoms with Gasteiger partial charge in [0.05, 0.1) is 17.6 Å². The minimum absolute atomic E-state index is 0.106. The molecule has 0 aliphatic rings. The van der Waals surface area contributed by atoms with Crippen LogP contribution in [0.25, 0.3) is 0 Å². The Hall–Kier alpha value is -2.61. The third kappa shape index (κ3) is 4.51. The van der Waals surface area contributed by atoms with Gasteiger partial charge in [0, 0.05) is 43.0 Å². The van der Waals surface area contributed by atoms with Gasteiger partial charge in [0.2, 0.25) is 0 Å². The largest absolute Gasteiger partial charge is 0.361 e. The van der Waals surface area contributed by atoms with E-state index in [-0.39, 0.29) is 5.91 Å². The first-order chi connectivity index (χ1) is 12.6. The molecule has 8 heteroatoms. The maximum absolute atomic E-state index is 12.5. The van der Waals surface area contributed by atoms with Gasteiger partial charge in [-0.3, -0.25) is 4.79 Å². The van der Waals surface area contributed by atoms with Crippen molar-refractivity contribution in [1.82, 2.24) is 25.0 Å². The average Bonchev–Trinajstić information content (AvgIpc) is 3.27. The minimum atomic E-state index is -0.106. The lowest BCUT2D eigenvalue weighted by molar-refractivity contribution is 0.0949. The smallest absolute Gasteiger partial charge is 0.254 e. The topological polar surface area (TPSA) is 85.8 Å². The van der Waals surface area contributed by atoms with Crippen molar-refractivity contribution in [3.8, 4) is 0 Å². The summed E-state index contributed by atoms with van der Waals surface area (Å²) in [5.41, 5.74) is 2.51. The molecule has 0 saturated carbocycles. The molecule has 1 N–H and O–H groups in total. The molecule has 0 atom stereocenters. The molecule has 0 bridgehead atoms. The molecule has 3 aromatic heterocycles. The number of aromatic nitrogens is 4. The highest BCUT2D eigenvalue weighted by Crippen LogP contribution is 2.27.